The molecule has 3 aliphatic rings. The summed E-state index contributed by atoms with van der Waals surface area (Å²) in [6, 6.07) is 0. The van der Waals surface area contributed by atoms with Gasteiger partial charge in [0.1, 0.15) is 5.76 Å². The molecule has 0 aromatic carbocycles. The summed E-state index contributed by atoms with van der Waals surface area (Å²) in [6.45, 7) is 10.6. The van der Waals surface area contributed by atoms with Gasteiger partial charge in [0.2, 0.25) is 0 Å². The number of rotatable bonds is 2. The Hall–Kier alpha value is -0.720. The maximum Gasteiger partial charge on any atom is 0.103 e. The highest BCUT2D eigenvalue weighted by molar-refractivity contribution is 5.20. The lowest BCUT2D eigenvalue weighted by Crippen LogP contribution is -2.50. The Kier molecular flexibility index (Phi) is 1.79. The summed E-state index contributed by atoms with van der Waals surface area (Å²) in [7, 11) is 0. The first kappa shape index (κ1) is 8.86. The van der Waals surface area contributed by atoms with Crippen molar-refractivity contribution in [3.63, 3.8) is 0 Å². The molecule has 0 heterocycles. The topological polar surface area (TPSA) is 9.23 Å². The zero-order valence-corrected chi connectivity index (χ0v) is 8.71. The van der Waals surface area contributed by atoms with E-state index in [-0.39, 0.29) is 0 Å². The normalized spacial score (nSPS) is 40.2. The summed E-state index contributed by atoms with van der Waals surface area (Å²) >= 11 is 0. The second-order valence-corrected chi connectivity index (χ2v) is 4.91. The van der Waals surface area contributed by atoms with E-state index < -0.39 is 0 Å². The molecule has 0 N–H and O–H groups in total. The predicted molar refractivity (Wildman–Crippen MR) is 53.9 cm³/mol. The van der Waals surface area contributed by atoms with Gasteiger partial charge in [0.25, 0.3) is 0 Å². The quantitative estimate of drug-likeness (QED) is 0.589. The van der Waals surface area contributed by atoms with Crippen molar-refractivity contribution >= 4 is 0 Å². The van der Waals surface area contributed by atoms with Gasteiger partial charge in [-0.05, 0) is 29.7 Å². The smallest absolute Gasteiger partial charge is 0.103 e. The van der Waals surface area contributed by atoms with E-state index in [1.54, 1.807) is 6.26 Å². The van der Waals surface area contributed by atoms with Gasteiger partial charge in [0.15, 0.2) is 0 Å². The maximum atomic E-state index is 5.41. The van der Waals surface area contributed by atoms with Crippen LogP contribution in [0.1, 0.15) is 27.2 Å². The highest BCUT2D eigenvalue weighted by Crippen LogP contribution is 2.60. The molecule has 0 aromatic rings. The van der Waals surface area contributed by atoms with Gasteiger partial charge >= 0.3 is 0 Å². The molecule has 0 spiro atoms. The molecule has 3 aliphatic carbocycles. The molecule has 3 rings (SSSR count). The van der Waals surface area contributed by atoms with Crippen LogP contribution in [0.15, 0.2) is 24.7 Å². The fraction of sp³-hybridized carbons (Fsp3) is 0.667. The molecule has 1 heteroatoms. The van der Waals surface area contributed by atoms with Crippen molar-refractivity contribution in [3.8, 4) is 0 Å². The van der Waals surface area contributed by atoms with E-state index >= 15 is 0 Å². The average molecular weight is 178 g/mol. The van der Waals surface area contributed by atoms with Gasteiger partial charge in [-0.1, -0.05) is 27.4 Å². The molecule has 0 aliphatic heterocycles. The van der Waals surface area contributed by atoms with Crippen molar-refractivity contribution < 1.29 is 4.74 Å². The van der Waals surface area contributed by atoms with Gasteiger partial charge < -0.3 is 4.74 Å². The van der Waals surface area contributed by atoms with Gasteiger partial charge in [-0.2, -0.15) is 0 Å². The largest absolute Gasteiger partial charge is 0.470 e. The van der Waals surface area contributed by atoms with Crippen LogP contribution in [0.25, 0.3) is 0 Å². The van der Waals surface area contributed by atoms with E-state index in [1.807, 2.05) is 0 Å². The van der Waals surface area contributed by atoms with Crippen molar-refractivity contribution in [2.45, 2.75) is 27.2 Å². The lowest BCUT2D eigenvalue weighted by molar-refractivity contribution is -0.0477. The zero-order valence-electron chi connectivity index (χ0n) is 8.71. The van der Waals surface area contributed by atoms with Crippen molar-refractivity contribution in [2.24, 2.45) is 23.2 Å². The summed E-state index contributed by atoms with van der Waals surface area (Å²) in [5, 5.41) is 0. The predicted octanol–water partition coefficient (Wildman–Crippen LogP) is 3.34. The van der Waals surface area contributed by atoms with Crippen LogP contribution in [0.3, 0.4) is 0 Å². The van der Waals surface area contributed by atoms with Crippen LogP contribution < -0.4 is 0 Å². The van der Waals surface area contributed by atoms with E-state index in [2.05, 4.69) is 33.4 Å². The zero-order chi connectivity index (χ0) is 9.64. The molecule has 0 radical (unpaired) electrons. The molecular formula is C12H18O. The summed E-state index contributed by atoms with van der Waals surface area (Å²) in [5.41, 5.74) is 0.493. The Bertz CT molecular complexity index is 262. The summed E-state index contributed by atoms with van der Waals surface area (Å²) in [4.78, 5) is 0. The van der Waals surface area contributed by atoms with E-state index in [1.165, 1.54) is 6.42 Å². The number of hydrogen-bond donors (Lipinski definition) is 0. The first-order valence-electron chi connectivity index (χ1n) is 5.06. The number of hydrogen-bond acceptors (Lipinski definition) is 1. The third-order valence-corrected chi connectivity index (χ3v) is 4.06. The standard InChI is InChI=1S/C12H18O/c1-5-13-11-7-9-6-10(8(11)2)12(9,3)4/h5,7-10H,1,6H2,2-4H3/t8-,9+,10-/m0/s1. The molecule has 0 aromatic heterocycles. The third-order valence-electron chi connectivity index (χ3n) is 4.06. The Morgan fingerprint density at radius 3 is 2.77 bits per heavy atom. The van der Waals surface area contributed by atoms with Crippen molar-refractivity contribution in [1.82, 2.24) is 0 Å². The SMILES string of the molecule is C=COC1=C[C@H]2C[C@@H]([C@@H]1C)C2(C)C. The fourth-order valence-corrected chi connectivity index (χ4v) is 2.92. The molecule has 1 saturated carbocycles. The monoisotopic (exact) mass is 178 g/mol. The Labute approximate surface area is 80.5 Å². The molecule has 72 valence electrons. The Morgan fingerprint density at radius 1 is 1.62 bits per heavy atom. The van der Waals surface area contributed by atoms with Crippen molar-refractivity contribution in [3.05, 3.63) is 24.7 Å². The molecule has 0 unspecified atom stereocenters. The van der Waals surface area contributed by atoms with Crippen LogP contribution in [0, 0.1) is 23.2 Å². The minimum atomic E-state index is 0.493. The van der Waals surface area contributed by atoms with Crippen molar-refractivity contribution in [1.29, 1.82) is 0 Å². The molecule has 2 bridgehead atoms. The number of allylic oxidation sites excluding steroid dienone is 2. The number of ether oxygens (including phenoxy) is 1. The first-order chi connectivity index (χ1) is 6.07. The summed E-state index contributed by atoms with van der Waals surface area (Å²) in [6.07, 6.45) is 5.19. The average Bonchev–Trinajstić information content (AvgIpc) is 2.08. The lowest BCUT2D eigenvalue weighted by Gasteiger charge is -2.57. The molecule has 1 fully saturated rings. The van der Waals surface area contributed by atoms with Gasteiger partial charge in [-0.3, -0.25) is 0 Å². The van der Waals surface area contributed by atoms with Gasteiger partial charge in [-0.25, -0.2) is 0 Å². The molecule has 0 amide bonds. The second-order valence-electron chi connectivity index (χ2n) is 4.91. The van der Waals surface area contributed by atoms with Crippen LogP contribution in [-0.4, -0.2) is 0 Å². The molecule has 0 saturated heterocycles. The molecular weight excluding hydrogens is 160 g/mol. The molecule has 3 atom stereocenters. The highest BCUT2D eigenvalue weighted by atomic mass is 16.5. The maximum absolute atomic E-state index is 5.41. The van der Waals surface area contributed by atoms with Crippen LogP contribution >= 0.6 is 0 Å². The molecule has 1 nitrogen and oxygen atoms in total. The van der Waals surface area contributed by atoms with Crippen molar-refractivity contribution in [2.75, 3.05) is 0 Å². The minimum absolute atomic E-state index is 0.493. The molecule has 13 heavy (non-hydrogen) atoms. The minimum Gasteiger partial charge on any atom is -0.470 e. The summed E-state index contributed by atoms with van der Waals surface area (Å²) in [5.74, 6) is 3.23. The third kappa shape index (κ3) is 1.06. The highest BCUT2D eigenvalue weighted by Gasteiger charge is 2.53. The number of fused-ring (bicyclic) bond motifs is 1. The van der Waals surface area contributed by atoms with Gasteiger partial charge in [0.05, 0.1) is 6.26 Å². The summed E-state index contributed by atoms with van der Waals surface area (Å²) < 4.78 is 5.41. The fourth-order valence-electron chi connectivity index (χ4n) is 2.92. The lowest BCUT2D eigenvalue weighted by atomic mass is 9.48. The Morgan fingerprint density at radius 2 is 2.31 bits per heavy atom. The van der Waals surface area contributed by atoms with E-state index in [4.69, 9.17) is 4.74 Å². The van der Waals surface area contributed by atoms with Crippen LogP contribution in [0.5, 0.6) is 0 Å². The van der Waals surface area contributed by atoms with Gasteiger partial charge in [0, 0.05) is 5.92 Å². The van der Waals surface area contributed by atoms with E-state index in [0.29, 0.717) is 11.3 Å². The van der Waals surface area contributed by atoms with Crippen LogP contribution in [-0.2, 0) is 4.74 Å². The second kappa shape index (κ2) is 2.63. The Balaban J connectivity index is 2.23. The van der Waals surface area contributed by atoms with E-state index in [0.717, 1.165) is 17.6 Å². The first-order valence-corrected chi connectivity index (χ1v) is 5.06. The van der Waals surface area contributed by atoms with Gasteiger partial charge in [-0.15, -0.1) is 0 Å². The van der Waals surface area contributed by atoms with Crippen LogP contribution in [0.2, 0.25) is 0 Å². The van der Waals surface area contributed by atoms with Crippen LogP contribution in [0.4, 0.5) is 0 Å². The van der Waals surface area contributed by atoms with E-state index in [9.17, 15) is 0 Å².